The molecular formula is C8H11NO3S. The van der Waals surface area contributed by atoms with E-state index in [-0.39, 0.29) is 17.2 Å². The maximum Gasteiger partial charge on any atom is 0.179 e. The van der Waals surface area contributed by atoms with Crippen molar-refractivity contribution in [2.45, 2.75) is 11.4 Å². The third kappa shape index (κ3) is 1.99. The first-order chi connectivity index (χ1) is 5.96. The van der Waals surface area contributed by atoms with Gasteiger partial charge in [0.25, 0.3) is 0 Å². The van der Waals surface area contributed by atoms with Crippen LogP contribution in [0, 0.1) is 0 Å². The average Bonchev–Trinajstić information content (AvgIpc) is 2.01. The molecule has 1 aromatic rings. The van der Waals surface area contributed by atoms with Crippen molar-refractivity contribution in [2.75, 3.05) is 6.26 Å². The zero-order valence-electron chi connectivity index (χ0n) is 7.19. The molecule has 13 heavy (non-hydrogen) atoms. The number of nitrogens with two attached hydrogens (primary N) is 1. The monoisotopic (exact) mass is 201 g/mol. The maximum atomic E-state index is 11.2. The van der Waals surface area contributed by atoms with Crippen molar-refractivity contribution in [3.8, 4) is 5.75 Å². The van der Waals surface area contributed by atoms with E-state index in [1.807, 2.05) is 0 Å². The lowest BCUT2D eigenvalue weighted by atomic mass is 10.2. The van der Waals surface area contributed by atoms with E-state index >= 15 is 0 Å². The van der Waals surface area contributed by atoms with Gasteiger partial charge in [-0.25, -0.2) is 8.42 Å². The summed E-state index contributed by atoms with van der Waals surface area (Å²) in [6.45, 7) is 0.0941. The summed E-state index contributed by atoms with van der Waals surface area (Å²) in [5.74, 6) is -0.245. The molecule has 1 rings (SSSR count). The normalized spacial score (nSPS) is 11.5. The van der Waals surface area contributed by atoms with E-state index < -0.39 is 9.84 Å². The van der Waals surface area contributed by atoms with Gasteiger partial charge >= 0.3 is 0 Å². The molecule has 0 saturated heterocycles. The van der Waals surface area contributed by atoms with Crippen LogP contribution in [0.3, 0.4) is 0 Å². The Balaban J connectivity index is 3.50. The van der Waals surface area contributed by atoms with Crippen LogP contribution in [0.1, 0.15) is 5.56 Å². The van der Waals surface area contributed by atoms with Gasteiger partial charge in [0.15, 0.2) is 9.84 Å². The van der Waals surface area contributed by atoms with E-state index in [4.69, 9.17) is 5.73 Å². The molecule has 72 valence electrons. The lowest BCUT2D eigenvalue weighted by Gasteiger charge is -2.06. The lowest BCUT2D eigenvalue weighted by Crippen LogP contribution is -2.06. The molecular weight excluding hydrogens is 190 g/mol. The number of phenols is 1. The molecule has 0 saturated carbocycles. The Labute approximate surface area is 76.9 Å². The molecule has 5 heteroatoms. The van der Waals surface area contributed by atoms with Crippen LogP contribution in [0.5, 0.6) is 5.75 Å². The summed E-state index contributed by atoms with van der Waals surface area (Å²) >= 11 is 0. The SMILES string of the molecule is CS(=O)(=O)c1c(O)cccc1CN. The molecule has 3 N–H and O–H groups in total. The second-order valence-corrected chi connectivity index (χ2v) is 4.69. The highest BCUT2D eigenvalue weighted by Gasteiger charge is 2.16. The van der Waals surface area contributed by atoms with E-state index in [1.165, 1.54) is 6.07 Å². The Hall–Kier alpha value is -1.07. The largest absolute Gasteiger partial charge is 0.507 e. The van der Waals surface area contributed by atoms with Crippen molar-refractivity contribution in [3.05, 3.63) is 23.8 Å². The standard InChI is InChI=1S/C8H11NO3S/c1-13(11,12)8-6(5-9)3-2-4-7(8)10/h2-4,10H,5,9H2,1H3. The predicted molar refractivity (Wildman–Crippen MR) is 49.1 cm³/mol. The molecule has 0 aliphatic heterocycles. The third-order valence-electron chi connectivity index (χ3n) is 1.67. The Morgan fingerprint density at radius 3 is 2.46 bits per heavy atom. The summed E-state index contributed by atoms with van der Waals surface area (Å²) < 4.78 is 22.4. The smallest absolute Gasteiger partial charge is 0.179 e. The van der Waals surface area contributed by atoms with Gasteiger partial charge in [0.2, 0.25) is 0 Å². The molecule has 0 unspecified atom stereocenters. The highest BCUT2D eigenvalue weighted by Crippen LogP contribution is 2.25. The molecule has 0 atom stereocenters. The van der Waals surface area contributed by atoms with E-state index in [2.05, 4.69) is 0 Å². The molecule has 0 aliphatic carbocycles. The van der Waals surface area contributed by atoms with Crippen LogP contribution in [0.4, 0.5) is 0 Å². The summed E-state index contributed by atoms with van der Waals surface area (Å²) in [6, 6.07) is 4.47. The third-order valence-corrected chi connectivity index (χ3v) is 2.88. The molecule has 0 radical (unpaired) electrons. The number of phenolic OH excluding ortho intramolecular Hbond substituents is 1. The average molecular weight is 201 g/mol. The summed E-state index contributed by atoms with van der Waals surface area (Å²) in [4.78, 5) is -0.0718. The van der Waals surface area contributed by atoms with Gasteiger partial charge in [-0.1, -0.05) is 12.1 Å². The van der Waals surface area contributed by atoms with Gasteiger partial charge in [-0.3, -0.25) is 0 Å². The van der Waals surface area contributed by atoms with Gasteiger partial charge in [-0.2, -0.15) is 0 Å². The van der Waals surface area contributed by atoms with Gasteiger partial charge in [-0.15, -0.1) is 0 Å². The van der Waals surface area contributed by atoms with Crippen LogP contribution < -0.4 is 5.73 Å². The first-order valence-corrected chi connectivity index (χ1v) is 5.57. The Morgan fingerprint density at radius 1 is 1.46 bits per heavy atom. The van der Waals surface area contributed by atoms with Crippen LogP contribution >= 0.6 is 0 Å². The van der Waals surface area contributed by atoms with Crippen molar-refractivity contribution in [1.82, 2.24) is 0 Å². The first kappa shape index (κ1) is 10.0. The van der Waals surface area contributed by atoms with Crippen molar-refractivity contribution in [3.63, 3.8) is 0 Å². The summed E-state index contributed by atoms with van der Waals surface area (Å²) in [7, 11) is -3.41. The molecule has 4 nitrogen and oxygen atoms in total. The number of benzene rings is 1. The number of rotatable bonds is 2. The molecule has 0 spiro atoms. The van der Waals surface area contributed by atoms with Crippen LogP contribution in [0.2, 0.25) is 0 Å². The first-order valence-electron chi connectivity index (χ1n) is 3.68. The fourth-order valence-electron chi connectivity index (χ4n) is 1.16. The Morgan fingerprint density at radius 2 is 2.08 bits per heavy atom. The van der Waals surface area contributed by atoms with Crippen molar-refractivity contribution < 1.29 is 13.5 Å². The van der Waals surface area contributed by atoms with Gasteiger partial charge in [-0.05, 0) is 11.6 Å². The molecule has 0 heterocycles. The van der Waals surface area contributed by atoms with E-state index in [0.717, 1.165) is 6.26 Å². The minimum absolute atomic E-state index is 0.0718. The molecule has 0 fully saturated rings. The highest BCUT2D eigenvalue weighted by molar-refractivity contribution is 7.90. The van der Waals surface area contributed by atoms with Gasteiger partial charge in [0, 0.05) is 12.8 Å². The van der Waals surface area contributed by atoms with Crippen LogP contribution in [-0.4, -0.2) is 19.8 Å². The zero-order chi connectivity index (χ0) is 10.1. The van der Waals surface area contributed by atoms with Crippen molar-refractivity contribution in [1.29, 1.82) is 0 Å². The van der Waals surface area contributed by atoms with E-state index in [1.54, 1.807) is 12.1 Å². The Kier molecular flexibility index (Phi) is 2.58. The number of hydrogen-bond donors (Lipinski definition) is 2. The van der Waals surface area contributed by atoms with Crippen LogP contribution in [0.25, 0.3) is 0 Å². The molecule has 1 aromatic carbocycles. The second kappa shape index (κ2) is 3.35. The van der Waals surface area contributed by atoms with Crippen LogP contribution in [0.15, 0.2) is 23.1 Å². The predicted octanol–water partition coefficient (Wildman–Crippen LogP) is 0.254. The highest BCUT2D eigenvalue weighted by atomic mass is 32.2. The van der Waals surface area contributed by atoms with E-state index in [0.29, 0.717) is 5.56 Å². The number of aromatic hydroxyl groups is 1. The Bertz CT molecular complexity index is 411. The molecule has 0 amide bonds. The van der Waals surface area contributed by atoms with Crippen molar-refractivity contribution in [2.24, 2.45) is 5.73 Å². The molecule has 0 aromatic heterocycles. The summed E-state index contributed by atoms with van der Waals surface area (Å²) in [5.41, 5.74) is 5.77. The summed E-state index contributed by atoms with van der Waals surface area (Å²) in [6.07, 6.45) is 1.04. The van der Waals surface area contributed by atoms with E-state index in [9.17, 15) is 13.5 Å². The molecule has 0 bridgehead atoms. The topological polar surface area (TPSA) is 80.4 Å². The van der Waals surface area contributed by atoms with Gasteiger partial charge in [0.1, 0.15) is 10.6 Å². The lowest BCUT2D eigenvalue weighted by molar-refractivity contribution is 0.457. The summed E-state index contributed by atoms with van der Waals surface area (Å²) in [5, 5.41) is 9.32. The maximum absolute atomic E-state index is 11.2. The second-order valence-electron chi connectivity index (χ2n) is 2.74. The minimum Gasteiger partial charge on any atom is -0.507 e. The quantitative estimate of drug-likeness (QED) is 0.719. The molecule has 0 aliphatic rings. The fourth-order valence-corrected chi connectivity index (χ4v) is 2.24. The fraction of sp³-hybridized carbons (Fsp3) is 0.250. The minimum atomic E-state index is -3.41. The van der Waals surface area contributed by atoms with Gasteiger partial charge < -0.3 is 10.8 Å². The van der Waals surface area contributed by atoms with Crippen molar-refractivity contribution >= 4 is 9.84 Å². The van der Waals surface area contributed by atoms with Crippen LogP contribution in [-0.2, 0) is 16.4 Å². The zero-order valence-corrected chi connectivity index (χ0v) is 8.00. The number of hydrogen-bond acceptors (Lipinski definition) is 4. The van der Waals surface area contributed by atoms with Gasteiger partial charge in [0.05, 0.1) is 0 Å². The number of sulfone groups is 1.